The summed E-state index contributed by atoms with van der Waals surface area (Å²) >= 11 is 0. The highest BCUT2D eigenvalue weighted by Gasteiger charge is 2.25. The largest absolute Gasteiger partial charge is 0.328 e. The van der Waals surface area contributed by atoms with Gasteiger partial charge in [0.1, 0.15) is 17.5 Å². The van der Waals surface area contributed by atoms with E-state index < -0.39 is 0 Å². The number of benzene rings is 1. The fourth-order valence-corrected chi connectivity index (χ4v) is 3.53. The number of carbonyl (C=O) groups excluding carboxylic acids is 1. The first-order valence-electron chi connectivity index (χ1n) is 9.29. The lowest BCUT2D eigenvalue weighted by molar-refractivity contribution is 0.256. The van der Waals surface area contributed by atoms with Crippen LogP contribution in [-0.2, 0) is 6.42 Å². The number of aryl methyl sites for hydroxylation is 3. The SMILES string of the molecule is Cc1cc(C)nc(NC(=O)N2CCCc3ccc(-c4cccc(F)c4)nc32)c1. The molecule has 1 aromatic carbocycles. The number of rotatable bonds is 2. The first-order valence-corrected chi connectivity index (χ1v) is 9.29. The Morgan fingerprint density at radius 1 is 1.11 bits per heavy atom. The zero-order chi connectivity index (χ0) is 19.7. The predicted molar refractivity (Wildman–Crippen MR) is 108 cm³/mol. The summed E-state index contributed by atoms with van der Waals surface area (Å²) < 4.78 is 13.6. The normalized spacial score (nSPS) is 13.2. The Morgan fingerprint density at radius 2 is 1.96 bits per heavy atom. The lowest BCUT2D eigenvalue weighted by atomic mass is 10.0. The van der Waals surface area contributed by atoms with Gasteiger partial charge in [-0.25, -0.2) is 19.2 Å². The number of amides is 2. The number of nitrogens with one attached hydrogen (secondary N) is 1. The Balaban J connectivity index is 1.65. The molecular formula is C22H21FN4O. The summed E-state index contributed by atoms with van der Waals surface area (Å²) in [7, 11) is 0. The summed E-state index contributed by atoms with van der Waals surface area (Å²) in [5.74, 6) is 0.832. The molecule has 1 N–H and O–H groups in total. The van der Waals surface area contributed by atoms with E-state index in [-0.39, 0.29) is 11.8 Å². The molecule has 3 heterocycles. The van der Waals surface area contributed by atoms with E-state index in [4.69, 9.17) is 0 Å². The van der Waals surface area contributed by atoms with Crippen LogP contribution in [0.4, 0.5) is 20.8 Å². The van der Waals surface area contributed by atoms with Crippen LogP contribution in [-0.4, -0.2) is 22.5 Å². The van der Waals surface area contributed by atoms with Crippen molar-refractivity contribution in [2.45, 2.75) is 26.7 Å². The van der Waals surface area contributed by atoms with E-state index in [1.54, 1.807) is 11.0 Å². The average Bonchev–Trinajstić information content (AvgIpc) is 2.66. The highest BCUT2D eigenvalue weighted by molar-refractivity contribution is 6.01. The van der Waals surface area contributed by atoms with Crippen molar-refractivity contribution in [2.75, 3.05) is 16.8 Å². The molecule has 2 amide bonds. The Morgan fingerprint density at radius 3 is 2.75 bits per heavy atom. The molecule has 142 valence electrons. The first-order chi connectivity index (χ1) is 13.5. The van der Waals surface area contributed by atoms with Crippen LogP contribution < -0.4 is 10.2 Å². The van der Waals surface area contributed by atoms with Crippen molar-refractivity contribution >= 4 is 17.7 Å². The second-order valence-corrected chi connectivity index (χ2v) is 7.05. The van der Waals surface area contributed by atoms with Crippen LogP contribution in [0.15, 0.2) is 48.5 Å². The Hall–Kier alpha value is -3.28. The molecule has 0 saturated heterocycles. The maximum Gasteiger partial charge on any atom is 0.328 e. The summed E-state index contributed by atoms with van der Waals surface area (Å²) in [5.41, 5.74) is 4.22. The molecule has 1 aliphatic rings. The van der Waals surface area contributed by atoms with Gasteiger partial charge in [0.25, 0.3) is 0 Å². The molecule has 0 atom stereocenters. The fraction of sp³-hybridized carbons (Fsp3) is 0.227. The predicted octanol–water partition coefficient (Wildman–Crippen LogP) is 4.88. The molecule has 0 bridgehead atoms. The van der Waals surface area contributed by atoms with Crippen LogP contribution in [0.3, 0.4) is 0 Å². The van der Waals surface area contributed by atoms with Gasteiger partial charge in [0.2, 0.25) is 0 Å². The van der Waals surface area contributed by atoms with Crippen molar-refractivity contribution in [3.63, 3.8) is 0 Å². The van der Waals surface area contributed by atoms with Gasteiger partial charge in [-0.2, -0.15) is 0 Å². The minimum Gasteiger partial charge on any atom is -0.292 e. The van der Waals surface area contributed by atoms with Gasteiger partial charge in [0, 0.05) is 17.8 Å². The van der Waals surface area contributed by atoms with Crippen LogP contribution in [0.1, 0.15) is 23.2 Å². The minimum atomic E-state index is -0.312. The van der Waals surface area contributed by atoms with E-state index in [2.05, 4.69) is 15.3 Å². The number of hydrogen-bond donors (Lipinski definition) is 1. The van der Waals surface area contributed by atoms with Crippen molar-refractivity contribution in [1.29, 1.82) is 0 Å². The molecule has 28 heavy (non-hydrogen) atoms. The molecule has 1 aliphatic heterocycles. The molecule has 5 nitrogen and oxygen atoms in total. The zero-order valence-corrected chi connectivity index (χ0v) is 15.9. The maximum absolute atomic E-state index is 13.6. The standard InChI is InChI=1S/C22H21FN4O/c1-14-11-15(2)24-20(12-14)26-22(28)27-10-4-6-16-8-9-19(25-21(16)27)17-5-3-7-18(23)13-17/h3,5,7-9,11-13H,4,6,10H2,1-2H3,(H,24,26,28). The summed E-state index contributed by atoms with van der Waals surface area (Å²) in [6.45, 7) is 4.43. The highest BCUT2D eigenvalue weighted by Crippen LogP contribution is 2.29. The van der Waals surface area contributed by atoms with Gasteiger partial charge in [0.15, 0.2) is 0 Å². The minimum absolute atomic E-state index is 0.262. The number of halogens is 1. The number of fused-ring (bicyclic) bond motifs is 1. The Bertz CT molecular complexity index is 1030. The zero-order valence-electron chi connectivity index (χ0n) is 15.9. The maximum atomic E-state index is 13.6. The van der Waals surface area contributed by atoms with Crippen LogP contribution in [0.5, 0.6) is 0 Å². The van der Waals surface area contributed by atoms with Gasteiger partial charge < -0.3 is 0 Å². The summed E-state index contributed by atoms with van der Waals surface area (Å²) in [6.07, 6.45) is 1.72. The lowest BCUT2D eigenvalue weighted by Gasteiger charge is -2.28. The fourth-order valence-electron chi connectivity index (χ4n) is 3.53. The molecule has 0 aliphatic carbocycles. The molecule has 3 aromatic rings. The smallest absolute Gasteiger partial charge is 0.292 e. The van der Waals surface area contributed by atoms with Crippen LogP contribution in [0.25, 0.3) is 11.3 Å². The van der Waals surface area contributed by atoms with E-state index in [0.29, 0.717) is 29.4 Å². The Labute approximate surface area is 163 Å². The topological polar surface area (TPSA) is 58.1 Å². The summed E-state index contributed by atoms with van der Waals surface area (Å²) in [5, 5.41) is 2.88. The third-order valence-electron chi connectivity index (χ3n) is 4.74. The summed E-state index contributed by atoms with van der Waals surface area (Å²) in [4.78, 5) is 23.6. The van der Waals surface area contributed by atoms with Crippen molar-refractivity contribution in [3.05, 3.63) is 71.2 Å². The van der Waals surface area contributed by atoms with Gasteiger partial charge in [-0.1, -0.05) is 18.2 Å². The molecular weight excluding hydrogens is 355 g/mol. The Kier molecular flexibility index (Phi) is 4.77. The molecule has 2 aromatic heterocycles. The molecule has 0 radical (unpaired) electrons. The number of hydrogen-bond acceptors (Lipinski definition) is 3. The van der Waals surface area contributed by atoms with E-state index in [0.717, 1.165) is 29.7 Å². The third-order valence-corrected chi connectivity index (χ3v) is 4.74. The lowest BCUT2D eigenvalue weighted by Crippen LogP contribution is -2.39. The van der Waals surface area contributed by atoms with Crippen LogP contribution in [0, 0.1) is 19.7 Å². The third kappa shape index (κ3) is 3.71. The molecule has 4 rings (SSSR count). The van der Waals surface area contributed by atoms with Gasteiger partial charge in [-0.05, 0) is 68.1 Å². The van der Waals surface area contributed by atoms with Crippen molar-refractivity contribution in [1.82, 2.24) is 9.97 Å². The molecule has 0 saturated carbocycles. The van der Waals surface area contributed by atoms with Gasteiger partial charge in [0.05, 0.1) is 5.69 Å². The first kappa shape index (κ1) is 18.1. The number of urea groups is 1. The number of aromatic nitrogens is 2. The average molecular weight is 376 g/mol. The monoisotopic (exact) mass is 376 g/mol. The molecule has 6 heteroatoms. The number of carbonyl (C=O) groups is 1. The van der Waals surface area contributed by atoms with Crippen LogP contribution >= 0.6 is 0 Å². The molecule has 0 unspecified atom stereocenters. The van der Waals surface area contributed by atoms with E-state index >= 15 is 0 Å². The van der Waals surface area contributed by atoms with Crippen molar-refractivity contribution in [2.24, 2.45) is 0 Å². The molecule has 0 fully saturated rings. The van der Waals surface area contributed by atoms with Gasteiger partial charge in [-0.3, -0.25) is 10.2 Å². The van der Waals surface area contributed by atoms with Crippen LogP contribution in [0.2, 0.25) is 0 Å². The van der Waals surface area contributed by atoms with E-state index in [9.17, 15) is 9.18 Å². The van der Waals surface area contributed by atoms with E-state index in [1.165, 1.54) is 12.1 Å². The summed E-state index contributed by atoms with van der Waals surface area (Å²) in [6, 6.07) is 13.7. The van der Waals surface area contributed by atoms with E-state index in [1.807, 2.05) is 44.2 Å². The van der Waals surface area contributed by atoms with Gasteiger partial charge >= 0.3 is 6.03 Å². The molecule has 0 spiro atoms. The van der Waals surface area contributed by atoms with Gasteiger partial charge in [-0.15, -0.1) is 0 Å². The number of pyridine rings is 2. The highest BCUT2D eigenvalue weighted by atomic mass is 19.1. The number of anilines is 2. The number of nitrogens with zero attached hydrogens (tertiary/aromatic N) is 3. The second-order valence-electron chi connectivity index (χ2n) is 7.05. The second kappa shape index (κ2) is 7.38. The quantitative estimate of drug-likeness (QED) is 0.693. The van der Waals surface area contributed by atoms with Crippen molar-refractivity contribution < 1.29 is 9.18 Å². The van der Waals surface area contributed by atoms with Crippen molar-refractivity contribution in [3.8, 4) is 11.3 Å².